The Hall–Kier alpha value is -3.41. The van der Waals surface area contributed by atoms with Crippen molar-refractivity contribution in [1.82, 2.24) is 10.7 Å². The second-order valence-electron chi connectivity index (χ2n) is 5.85. The summed E-state index contributed by atoms with van der Waals surface area (Å²) in [5.41, 5.74) is 3.57. The molecule has 0 unspecified atom stereocenters. The molecule has 0 saturated carbocycles. The molecule has 0 fully saturated rings. The van der Waals surface area contributed by atoms with Crippen LogP contribution >= 0.6 is 0 Å². The second-order valence-corrected chi connectivity index (χ2v) is 5.85. The van der Waals surface area contributed by atoms with Crippen LogP contribution in [0.4, 0.5) is 0 Å². The first-order valence-electron chi connectivity index (χ1n) is 8.24. The Bertz CT molecular complexity index is 941. The van der Waals surface area contributed by atoms with E-state index in [9.17, 15) is 9.59 Å². The fraction of sp³-hybridized carbons (Fsp3) is 0.150. The van der Waals surface area contributed by atoms with Crippen molar-refractivity contribution in [2.24, 2.45) is 5.10 Å². The van der Waals surface area contributed by atoms with Crippen molar-refractivity contribution in [3.05, 3.63) is 72.2 Å². The minimum Gasteiger partial charge on any atom is -0.467 e. The lowest BCUT2D eigenvalue weighted by Gasteiger charge is -2.06. The summed E-state index contributed by atoms with van der Waals surface area (Å²) in [7, 11) is 0. The van der Waals surface area contributed by atoms with Gasteiger partial charge in [-0.2, -0.15) is 5.10 Å². The summed E-state index contributed by atoms with van der Waals surface area (Å²) < 4.78 is 5.15. The second kappa shape index (κ2) is 8.11. The van der Waals surface area contributed by atoms with Crippen molar-refractivity contribution in [2.75, 3.05) is 0 Å². The number of fused-ring (bicyclic) bond motifs is 1. The van der Waals surface area contributed by atoms with E-state index in [1.54, 1.807) is 31.4 Å². The number of amides is 2. The van der Waals surface area contributed by atoms with E-state index in [2.05, 4.69) is 15.8 Å². The molecule has 26 heavy (non-hydrogen) atoms. The number of rotatable bonds is 6. The Morgan fingerprint density at radius 2 is 1.85 bits per heavy atom. The fourth-order valence-electron chi connectivity index (χ4n) is 2.56. The Kier molecular flexibility index (Phi) is 5.43. The standard InChI is InChI=1S/C20H19N3O3/c1-14(12-19(24)21-13-16-8-5-11-26-16)22-23-20(25)18-10-4-7-15-6-2-3-9-17(15)18/h2-11H,12-13H2,1H3,(H,21,24)(H,23,25)/b22-14-. The number of furan rings is 1. The minimum absolute atomic E-state index is 0.0938. The number of carbonyl (C=O) groups is 2. The van der Waals surface area contributed by atoms with Gasteiger partial charge in [0.15, 0.2) is 0 Å². The van der Waals surface area contributed by atoms with Crippen molar-refractivity contribution < 1.29 is 14.0 Å². The van der Waals surface area contributed by atoms with Gasteiger partial charge >= 0.3 is 0 Å². The SMILES string of the molecule is C/C(CC(=O)NCc1ccco1)=N/NC(=O)c1cccc2ccccc12. The summed E-state index contributed by atoms with van der Waals surface area (Å²) in [5.74, 6) is 0.177. The van der Waals surface area contributed by atoms with E-state index in [4.69, 9.17) is 4.42 Å². The number of hydrazone groups is 1. The van der Waals surface area contributed by atoms with Gasteiger partial charge in [0.25, 0.3) is 5.91 Å². The molecule has 0 spiro atoms. The highest BCUT2D eigenvalue weighted by molar-refractivity contribution is 6.07. The largest absolute Gasteiger partial charge is 0.467 e. The van der Waals surface area contributed by atoms with Crippen molar-refractivity contribution in [2.45, 2.75) is 19.9 Å². The number of hydrogen-bond donors (Lipinski definition) is 2. The zero-order valence-electron chi connectivity index (χ0n) is 14.4. The van der Waals surface area contributed by atoms with Gasteiger partial charge in [-0.3, -0.25) is 9.59 Å². The first kappa shape index (κ1) is 17.4. The molecule has 0 atom stereocenters. The van der Waals surface area contributed by atoms with E-state index in [0.29, 0.717) is 23.6 Å². The van der Waals surface area contributed by atoms with Crippen molar-refractivity contribution in [3.63, 3.8) is 0 Å². The third kappa shape index (κ3) is 4.36. The monoisotopic (exact) mass is 349 g/mol. The Morgan fingerprint density at radius 1 is 1.04 bits per heavy atom. The fourth-order valence-corrected chi connectivity index (χ4v) is 2.56. The molecule has 0 aliphatic rings. The molecule has 0 aliphatic heterocycles. The number of hydrogen-bond acceptors (Lipinski definition) is 4. The third-order valence-electron chi connectivity index (χ3n) is 3.84. The van der Waals surface area contributed by atoms with Crippen LogP contribution < -0.4 is 10.7 Å². The molecule has 1 heterocycles. The maximum atomic E-state index is 12.4. The average Bonchev–Trinajstić information content (AvgIpc) is 3.17. The van der Waals surface area contributed by atoms with Gasteiger partial charge in [0.2, 0.25) is 5.91 Å². The molecule has 6 nitrogen and oxygen atoms in total. The van der Waals surface area contributed by atoms with Crippen LogP contribution in [0.3, 0.4) is 0 Å². The molecule has 6 heteroatoms. The summed E-state index contributed by atoms with van der Waals surface area (Å²) in [4.78, 5) is 24.3. The van der Waals surface area contributed by atoms with Gasteiger partial charge < -0.3 is 9.73 Å². The van der Waals surface area contributed by atoms with Crippen LogP contribution in [-0.4, -0.2) is 17.5 Å². The van der Waals surface area contributed by atoms with Gasteiger partial charge in [0, 0.05) is 11.3 Å². The maximum Gasteiger partial charge on any atom is 0.271 e. The van der Waals surface area contributed by atoms with E-state index in [-0.39, 0.29) is 18.2 Å². The first-order valence-corrected chi connectivity index (χ1v) is 8.24. The zero-order valence-corrected chi connectivity index (χ0v) is 14.4. The Balaban J connectivity index is 1.57. The van der Waals surface area contributed by atoms with Gasteiger partial charge in [-0.05, 0) is 35.9 Å². The van der Waals surface area contributed by atoms with E-state index < -0.39 is 0 Å². The minimum atomic E-state index is -0.308. The van der Waals surface area contributed by atoms with Gasteiger partial charge in [0.05, 0.1) is 19.2 Å². The predicted molar refractivity (Wildman–Crippen MR) is 99.7 cm³/mol. The van der Waals surface area contributed by atoms with Crippen molar-refractivity contribution >= 4 is 28.3 Å². The molecule has 3 aromatic rings. The van der Waals surface area contributed by atoms with E-state index in [1.165, 1.54) is 0 Å². The smallest absolute Gasteiger partial charge is 0.271 e. The van der Waals surface area contributed by atoms with Crippen LogP contribution in [0, 0.1) is 0 Å². The number of nitrogens with one attached hydrogen (secondary N) is 2. The highest BCUT2D eigenvalue weighted by Crippen LogP contribution is 2.18. The summed E-state index contributed by atoms with van der Waals surface area (Å²) in [6.45, 7) is 2.01. The number of carbonyl (C=O) groups excluding carboxylic acids is 2. The molecule has 132 valence electrons. The third-order valence-corrected chi connectivity index (χ3v) is 3.84. The topological polar surface area (TPSA) is 83.7 Å². The van der Waals surface area contributed by atoms with Crippen LogP contribution in [0.1, 0.15) is 29.5 Å². The van der Waals surface area contributed by atoms with Crippen LogP contribution in [0.5, 0.6) is 0 Å². The molecule has 2 N–H and O–H groups in total. The lowest BCUT2D eigenvalue weighted by atomic mass is 10.0. The molecule has 0 radical (unpaired) electrons. The predicted octanol–water partition coefficient (Wildman–Crippen LogP) is 3.25. The molecular formula is C20H19N3O3. The average molecular weight is 349 g/mol. The first-order chi connectivity index (χ1) is 12.6. The normalized spacial score (nSPS) is 11.3. The van der Waals surface area contributed by atoms with E-state index >= 15 is 0 Å². The molecule has 2 aromatic carbocycles. The lowest BCUT2D eigenvalue weighted by Crippen LogP contribution is -2.26. The van der Waals surface area contributed by atoms with Gasteiger partial charge in [0.1, 0.15) is 5.76 Å². The van der Waals surface area contributed by atoms with E-state index in [0.717, 1.165) is 10.8 Å². The van der Waals surface area contributed by atoms with Gasteiger partial charge in [-0.1, -0.05) is 36.4 Å². The maximum absolute atomic E-state index is 12.4. The van der Waals surface area contributed by atoms with Gasteiger partial charge in [-0.15, -0.1) is 0 Å². The molecule has 3 rings (SSSR count). The Morgan fingerprint density at radius 3 is 2.65 bits per heavy atom. The molecule has 2 amide bonds. The summed E-state index contributed by atoms with van der Waals surface area (Å²) in [6.07, 6.45) is 1.65. The molecule has 1 aromatic heterocycles. The lowest BCUT2D eigenvalue weighted by molar-refractivity contribution is -0.120. The number of nitrogens with zero attached hydrogens (tertiary/aromatic N) is 1. The molecule has 0 bridgehead atoms. The zero-order chi connectivity index (χ0) is 18.4. The summed E-state index contributed by atoms with van der Waals surface area (Å²) >= 11 is 0. The van der Waals surface area contributed by atoms with Crippen LogP contribution in [0.15, 0.2) is 70.4 Å². The van der Waals surface area contributed by atoms with Crippen LogP contribution in [0.2, 0.25) is 0 Å². The van der Waals surface area contributed by atoms with Gasteiger partial charge in [-0.25, -0.2) is 5.43 Å². The molecular weight excluding hydrogens is 330 g/mol. The number of benzene rings is 2. The highest BCUT2D eigenvalue weighted by atomic mass is 16.3. The van der Waals surface area contributed by atoms with Crippen LogP contribution in [0.25, 0.3) is 10.8 Å². The van der Waals surface area contributed by atoms with Crippen molar-refractivity contribution in [1.29, 1.82) is 0 Å². The van der Waals surface area contributed by atoms with Crippen LogP contribution in [-0.2, 0) is 11.3 Å². The quantitative estimate of drug-likeness (QED) is 0.529. The molecule has 0 aliphatic carbocycles. The highest BCUT2D eigenvalue weighted by Gasteiger charge is 2.10. The Labute approximate surface area is 150 Å². The summed E-state index contributed by atoms with van der Waals surface area (Å²) in [6, 6.07) is 16.7. The molecule has 0 saturated heterocycles. The summed E-state index contributed by atoms with van der Waals surface area (Å²) in [5, 5.41) is 8.60. The van der Waals surface area contributed by atoms with E-state index in [1.807, 2.05) is 36.4 Å². The van der Waals surface area contributed by atoms with Crippen molar-refractivity contribution in [3.8, 4) is 0 Å².